The van der Waals surface area contributed by atoms with Crippen molar-refractivity contribution in [3.8, 4) is 0 Å². The molecule has 0 aliphatic carbocycles. The van der Waals surface area contributed by atoms with Gasteiger partial charge < -0.3 is 9.67 Å². The molecule has 0 unspecified atom stereocenters. The monoisotopic (exact) mass is 311 g/mol. The van der Waals surface area contributed by atoms with E-state index in [0.717, 1.165) is 11.4 Å². The van der Waals surface area contributed by atoms with E-state index in [0.29, 0.717) is 23.1 Å². The van der Waals surface area contributed by atoms with Crippen LogP contribution in [0.5, 0.6) is 0 Å². The summed E-state index contributed by atoms with van der Waals surface area (Å²) in [6.45, 7) is 2.68. The molecule has 7 heteroatoms. The molecule has 0 spiro atoms. The van der Waals surface area contributed by atoms with Crippen LogP contribution in [0.15, 0.2) is 29.4 Å². The van der Waals surface area contributed by atoms with Gasteiger partial charge in [0.1, 0.15) is 5.82 Å². The summed E-state index contributed by atoms with van der Waals surface area (Å²) in [5, 5.41) is 18.2. The van der Waals surface area contributed by atoms with Gasteiger partial charge in [0.2, 0.25) is 0 Å². The lowest BCUT2D eigenvalue weighted by Crippen LogP contribution is -2.06. The summed E-state index contributed by atoms with van der Waals surface area (Å²) < 4.78 is 1.93. The topological polar surface area (TPSA) is 68.0 Å². The van der Waals surface area contributed by atoms with E-state index in [2.05, 4.69) is 10.2 Å². The van der Waals surface area contributed by atoms with Gasteiger partial charge in [-0.05, 0) is 24.6 Å². The van der Waals surface area contributed by atoms with Crippen molar-refractivity contribution in [2.75, 3.05) is 5.75 Å². The van der Waals surface area contributed by atoms with Gasteiger partial charge in [0.25, 0.3) is 0 Å². The molecule has 0 aliphatic rings. The Bertz CT molecular complexity index is 615. The number of carbonyl (C=O) groups is 1. The Morgan fingerprint density at radius 1 is 1.45 bits per heavy atom. The molecule has 0 fully saturated rings. The average molecular weight is 312 g/mol. The van der Waals surface area contributed by atoms with Crippen LogP contribution >= 0.6 is 23.4 Å². The average Bonchev–Trinajstić information content (AvgIpc) is 2.78. The number of hydrogen-bond donors (Lipinski definition) is 1. The summed E-state index contributed by atoms with van der Waals surface area (Å²) >= 11 is 7.14. The predicted molar refractivity (Wildman–Crippen MR) is 78.3 cm³/mol. The van der Waals surface area contributed by atoms with Gasteiger partial charge >= 0.3 is 5.97 Å². The first-order valence-electron chi connectivity index (χ1n) is 6.11. The molecule has 1 aromatic carbocycles. The predicted octanol–water partition coefficient (Wildman–Crippen LogP) is 2.72. The van der Waals surface area contributed by atoms with Crippen LogP contribution in [-0.4, -0.2) is 31.6 Å². The van der Waals surface area contributed by atoms with Gasteiger partial charge in [-0.3, -0.25) is 4.79 Å². The van der Waals surface area contributed by atoms with Crippen LogP contribution in [0.3, 0.4) is 0 Å². The highest BCUT2D eigenvalue weighted by molar-refractivity contribution is 7.99. The van der Waals surface area contributed by atoms with Crippen LogP contribution in [0.2, 0.25) is 5.02 Å². The lowest BCUT2D eigenvalue weighted by atomic mass is 10.1. The minimum absolute atomic E-state index is 0.0186. The quantitative estimate of drug-likeness (QED) is 0.831. The zero-order valence-corrected chi connectivity index (χ0v) is 12.5. The third-order valence-electron chi connectivity index (χ3n) is 2.69. The zero-order chi connectivity index (χ0) is 14.5. The largest absolute Gasteiger partial charge is 0.481 e. The molecule has 20 heavy (non-hydrogen) atoms. The van der Waals surface area contributed by atoms with Gasteiger partial charge in [0.05, 0.1) is 5.75 Å². The van der Waals surface area contributed by atoms with Crippen molar-refractivity contribution in [3.63, 3.8) is 0 Å². The minimum atomic E-state index is -0.864. The zero-order valence-electron chi connectivity index (χ0n) is 10.9. The maximum Gasteiger partial charge on any atom is 0.313 e. The van der Waals surface area contributed by atoms with Crippen molar-refractivity contribution in [2.24, 2.45) is 0 Å². The SMILES string of the molecule is CCn1c(Cc2cccc(Cl)c2)nnc1SCC(=O)O. The van der Waals surface area contributed by atoms with Crippen LogP contribution in [0.4, 0.5) is 0 Å². The molecule has 1 N–H and O–H groups in total. The summed E-state index contributed by atoms with van der Waals surface area (Å²) in [4.78, 5) is 10.6. The number of thioether (sulfide) groups is 1. The highest BCUT2D eigenvalue weighted by Gasteiger charge is 2.13. The molecule has 5 nitrogen and oxygen atoms in total. The fourth-order valence-corrected chi connectivity index (χ4v) is 2.78. The number of carboxylic acid groups (broad SMARTS) is 1. The van der Waals surface area contributed by atoms with Gasteiger partial charge in [-0.1, -0.05) is 35.5 Å². The summed E-state index contributed by atoms with van der Waals surface area (Å²) in [6, 6.07) is 7.58. The van der Waals surface area contributed by atoms with E-state index in [9.17, 15) is 4.79 Å². The lowest BCUT2D eigenvalue weighted by molar-refractivity contribution is -0.133. The Labute approximate surface area is 126 Å². The third-order valence-corrected chi connectivity index (χ3v) is 3.87. The smallest absolute Gasteiger partial charge is 0.313 e. The van der Waals surface area contributed by atoms with Crippen LogP contribution in [0.25, 0.3) is 0 Å². The summed E-state index contributed by atoms with van der Waals surface area (Å²) in [7, 11) is 0. The maximum atomic E-state index is 10.6. The Kier molecular flexibility index (Phi) is 5.03. The van der Waals surface area contributed by atoms with Gasteiger partial charge in [-0.2, -0.15) is 0 Å². The van der Waals surface area contributed by atoms with E-state index in [1.54, 1.807) is 0 Å². The normalized spacial score (nSPS) is 10.7. The van der Waals surface area contributed by atoms with E-state index in [-0.39, 0.29) is 5.75 Å². The lowest BCUT2D eigenvalue weighted by Gasteiger charge is -2.06. The standard InChI is InChI=1S/C13H14ClN3O2S/c1-2-17-11(7-9-4-3-5-10(14)6-9)15-16-13(17)20-8-12(18)19/h3-6H,2,7-8H2,1H3,(H,18,19). The molecule has 0 bridgehead atoms. The van der Waals surface area contributed by atoms with Crippen LogP contribution in [0.1, 0.15) is 18.3 Å². The minimum Gasteiger partial charge on any atom is -0.481 e. The highest BCUT2D eigenvalue weighted by atomic mass is 35.5. The first kappa shape index (κ1) is 14.9. The Morgan fingerprint density at radius 3 is 2.90 bits per heavy atom. The Balaban J connectivity index is 2.17. The second-order valence-corrected chi connectivity index (χ2v) is 5.51. The molecule has 1 heterocycles. The molecule has 0 radical (unpaired) electrons. The van der Waals surface area contributed by atoms with E-state index < -0.39 is 5.97 Å². The van der Waals surface area contributed by atoms with Crippen LogP contribution in [0, 0.1) is 0 Å². The molecule has 2 aromatic rings. The highest BCUT2D eigenvalue weighted by Crippen LogP contribution is 2.19. The molecular formula is C13H14ClN3O2S. The summed E-state index contributed by atoms with van der Waals surface area (Å²) in [5.74, 6) is -0.0744. The number of benzene rings is 1. The van der Waals surface area contributed by atoms with Crippen molar-refractivity contribution in [3.05, 3.63) is 40.7 Å². The number of halogens is 1. The van der Waals surface area contributed by atoms with Gasteiger partial charge in [0.15, 0.2) is 5.16 Å². The molecule has 1 aromatic heterocycles. The number of aromatic nitrogens is 3. The molecular weight excluding hydrogens is 298 g/mol. The second kappa shape index (κ2) is 6.76. The third kappa shape index (κ3) is 3.74. The summed E-state index contributed by atoms with van der Waals surface area (Å²) in [6.07, 6.45) is 0.620. The van der Waals surface area contributed by atoms with E-state index >= 15 is 0 Å². The number of nitrogens with zero attached hydrogens (tertiary/aromatic N) is 3. The Morgan fingerprint density at radius 2 is 2.25 bits per heavy atom. The first-order valence-corrected chi connectivity index (χ1v) is 7.47. The molecule has 106 valence electrons. The molecule has 0 saturated heterocycles. The fourth-order valence-electron chi connectivity index (χ4n) is 1.83. The van der Waals surface area contributed by atoms with Crippen molar-refractivity contribution < 1.29 is 9.90 Å². The van der Waals surface area contributed by atoms with E-state index in [4.69, 9.17) is 16.7 Å². The fraction of sp³-hybridized carbons (Fsp3) is 0.308. The molecule has 0 atom stereocenters. The second-order valence-electron chi connectivity index (χ2n) is 4.13. The van der Waals surface area contributed by atoms with Crippen molar-refractivity contribution in [1.29, 1.82) is 0 Å². The summed E-state index contributed by atoms with van der Waals surface area (Å²) in [5.41, 5.74) is 1.05. The molecule has 0 amide bonds. The number of carboxylic acids is 1. The Hall–Kier alpha value is -1.53. The van der Waals surface area contributed by atoms with Crippen molar-refractivity contribution in [2.45, 2.75) is 25.0 Å². The molecule has 0 aliphatic heterocycles. The maximum absolute atomic E-state index is 10.6. The van der Waals surface area contributed by atoms with Crippen molar-refractivity contribution in [1.82, 2.24) is 14.8 Å². The van der Waals surface area contributed by atoms with Gasteiger partial charge in [-0.15, -0.1) is 10.2 Å². The number of rotatable bonds is 6. The number of aliphatic carboxylic acids is 1. The van der Waals surface area contributed by atoms with Gasteiger partial charge in [-0.25, -0.2) is 0 Å². The molecule has 2 rings (SSSR count). The van der Waals surface area contributed by atoms with E-state index in [1.807, 2.05) is 35.8 Å². The van der Waals surface area contributed by atoms with Crippen molar-refractivity contribution >= 4 is 29.3 Å². The van der Waals surface area contributed by atoms with Crippen LogP contribution < -0.4 is 0 Å². The number of hydrogen-bond acceptors (Lipinski definition) is 4. The van der Waals surface area contributed by atoms with E-state index in [1.165, 1.54) is 11.8 Å². The van der Waals surface area contributed by atoms with Gasteiger partial charge in [0, 0.05) is 18.0 Å². The van der Waals surface area contributed by atoms with Crippen LogP contribution in [-0.2, 0) is 17.8 Å². The first-order chi connectivity index (χ1) is 9.60. The molecule has 0 saturated carbocycles.